The molecule has 0 bridgehead atoms. The van der Waals surface area contributed by atoms with Crippen molar-refractivity contribution in [3.63, 3.8) is 0 Å². The number of esters is 2. The maximum absolute atomic E-state index is 13.7. The first kappa shape index (κ1) is 23.2. The summed E-state index contributed by atoms with van der Waals surface area (Å²) < 4.78 is 24.5. The second kappa shape index (κ2) is 9.49. The van der Waals surface area contributed by atoms with Gasteiger partial charge >= 0.3 is 11.9 Å². The van der Waals surface area contributed by atoms with Gasteiger partial charge in [-0.2, -0.15) is 0 Å². The largest absolute Gasteiger partial charge is 0.468 e. The summed E-state index contributed by atoms with van der Waals surface area (Å²) in [5.74, 6) is -3.80. The molecule has 1 aromatic carbocycles. The van der Waals surface area contributed by atoms with E-state index in [1.54, 1.807) is 19.1 Å². The highest BCUT2D eigenvalue weighted by atomic mass is 19.1. The third-order valence-corrected chi connectivity index (χ3v) is 6.99. The molecule has 3 atom stereocenters. The molecule has 0 saturated heterocycles. The molecule has 0 aromatic heterocycles. The Morgan fingerprint density at radius 1 is 1.09 bits per heavy atom. The highest BCUT2D eigenvalue weighted by Crippen LogP contribution is 2.45. The van der Waals surface area contributed by atoms with Crippen molar-refractivity contribution in [1.29, 1.82) is 0 Å². The van der Waals surface area contributed by atoms with Gasteiger partial charge in [0.15, 0.2) is 5.78 Å². The van der Waals surface area contributed by atoms with E-state index in [0.717, 1.165) is 32.1 Å². The number of benzene rings is 1. The van der Waals surface area contributed by atoms with Crippen LogP contribution in [0.1, 0.15) is 63.9 Å². The molecular weight excluding hydrogens is 425 g/mol. The van der Waals surface area contributed by atoms with E-state index in [1.165, 1.54) is 19.2 Å². The van der Waals surface area contributed by atoms with Gasteiger partial charge in [0.25, 0.3) is 0 Å². The van der Waals surface area contributed by atoms with Gasteiger partial charge in [-0.3, -0.25) is 9.59 Å². The van der Waals surface area contributed by atoms with E-state index in [4.69, 9.17) is 9.47 Å². The molecule has 4 rings (SSSR count). The standard InChI is InChI=1S/C26H30FNO5/c1-14-13-19-23(24(29)20(14)25(30)32-3)22(16-9-11-17(27)12-10-16)21(15(2)28-19)26(31)33-18-7-5-4-6-8-18/h9-12,14,18,20,22,28H,4-8,13H2,1-3H3/t14-,20-,22-/m0/s1. The summed E-state index contributed by atoms with van der Waals surface area (Å²) in [5, 5.41) is 3.25. The van der Waals surface area contributed by atoms with Crippen LogP contribution in [0, 0.1) is 17.7 Å². The maximum atomic E-state index is 13.7. The van der Waals surface area contributed by atoms with Crippen molar-refractivity contribution in [1.82, 2.24) is 5.32 Å². The Labute approximate surface area is 193 Å². The van der Waals surface area contributed by atoms with E-state index in [2.05, 4.69) is 5.32 Å². The number of dihydropyridines is 1. The Morgan fingerprint density at radius 2 is 1.76 bits per heavy atom. The van der Waals surface area contributed by atoms with Crippen LogP contribution in [0.3, 0.4) is 0 Å². The van der Waals surface area contributed by atoms with Gasteiger partial charge < -0.3 is 14.8 Å². The van der Waals surface area contributed by atoms with Crippen LogP contribution in [0.2, 0.25) is 0 Å². The lowest BCUT2D eigenvalue weighted by molar-refractivity contribution is -0.151. The van der Waals surface area contributed by atoms with Gasteiger partial charge in [0.1, 0.15) is 17.8 Å². The molecule has 176 valence electrons. The third-order valence-electron chi connectivity index (χ3n) is 6.99. The summed E-state index contributed by atoms with van der Waals surface area (Å²) in [6.07, 6.45) is 5.11. The predicted octanol–water partition coefficient (Wildman–Crippen LogP) is 4.31. The van der Waals surface area contributed by atoms with E-state index >= 15 is 0 Å². The zero-order valence-electron chi connectivity index (χ0n) is 19.3. The van der Waals surface area contributed by atoms with E-state index in [0.29, 0.717) is 34.5 Å². The first-order valence-electron chi connectivity index (χ1n) is 11.6. The number of halogens is 1. The zero-order valence-corrected chi connectivity index (χ0v) is 19.3. The minimum Gasteiger partial charge on any atom is -0.468 e. The molecule has 6 nitrogen and oxygen atoms in total. The number of Topliss-reactive ketones (excluding diaryl/α,β-unsaturated/α-hetero) is 1. The normalized spacial score (nSPS) is 25.9. The number of carbonyl (C=O) groups excluding carboxylic acids is 3. The number of nitrogens with one attached hydrogen (secondary N) is 1. The summed E-state index contributed by atoms with van der Waals surface area (Å²) in [4.78, 5) is 39.5. The Hall–Kier alpha value is -2.96. The molecule has 0 spiro atoms. The lowest BCUT2D eigenvalue weighted by Crippen LogP contribution is -2.43. The monoisotopic (exact) mass is 455 g/mol. The average molecular weight is 456 g/mol. The number of ketones is 1. The van der Waals surface area contributed by atoms with Crippen molar-refractivity contribution in [3.8, 4) is 0 Å². The SMILES string of the molecule is COC(=O)[C@@H]1C(=O)C2=C(C[C@@H]1C)NC(C)=C(C(=O)OC1CCCCC1)[C@@H]2c1ccc(F)cc1. The Morgan fingerprint density at radius 3 is 2.39 bits per heavy atom. The van der Waals surface area contributed by atoms with E-state index in [9.17, 15) is 18.8 Å². The number of hydrogen-bond donors (Lipinski definition) is 1. The van der Waals surface area contributed by atoms with Gasteiger partial charge in [0.2, 0.25) is 0 Å². The molecule has 0 amide bonds. The number of rotatable bonds is 4. The number of allylic oxidation sites excluding steroid dienone is 3. The molecule has 33 heavy (non-hydrogen) atoms. The summed E-state index contributed by atoms with van der Waals surface area (Å²) in [6, 6.07) is 5.78. The fraction of sp³-hybridized carbons (Fsp3) is 0.500. The number of ether oxygens (including phenoxy) is 2. The van der Waals surface area contributed by atoms with Crippen molar-refractivity contribution in [2.24, 2.45) is 11.8 Å². The molecule has 7 heteroatoms. The van der Waals surface area contributed by atoms with Crippen LogP contribution >= 0.6 is 0 Å². The fourth-order valence-corrected chi connectivity index (χ4v) is 5.34. The van der Waals surface area contributed by atoms with Crippen molar-refractivity contribution < 1.29 is 28.2 Å². The summed E-state index contributed by atoms with van der Waals surface area (Å²) in [6.45, 7) is 3.63. The van der Waals surface area contributed by atoms with Crippen molar-refractivity contribution in [3.05, 3.63) is 58.2 Å². The van der Waals surface area contributed by atoms with Crippen LogP contribution in [0.5, 0.6) is 0 Å². The summed E-state index contributed by atoms with van der Waals surface area (Å²) in [5.41, 5.74) is 2.59. The van der Waals surface area contributed by atoms with Crippen LogP contribution in [0.4, 0.5) is 4.39 Å². The van der Waals surface area contributed by atoms with E-state index in [-0.39, 0.29) is 17.8 Å². The van der Waals surface area contributed by atoms with Crippen LogP contribution in [-0.4, -0.2) is 30.9 Å². The highest BCUT2D eigenvalue weighted by molar-refractivity contribution is 6.12. The molecule has 0 unspecified atom stereocenters. The van der Waals surface area contributed by atoms with Crippen LogP contribution in [0.15, 0.2) is 46.8 Å². The molecule has 1 heterocycles. The van der Waals surface area contributed by atoms with Crippen LogP contribution < -0.4 is 5.32 Å². The average Bonchev–Trinajstić information content (AvgIpc) is 2.79. The quantitative estimate of drug-likeness (QED) is 0.538. The Kier molecular flexibility index (Phi) is 6.68. The maximum Gasteiger partial charge on any atom is 0.337 e. The van der Waals surface area contributed by atoms with Gasteiger partial charge in [-0.25, -0.2) is 9.18 Å². The minimum absolute atomic E-state index is 0.152. The number of methoxy groups -OCH3 is 1. The molecule has 1 fully saturated rings. The summed E-state index contributed by atoms with van der Waals surface area (Å²) >= 11 is 0. The highest BCUT2D eigenvalue weighted by Gasteiger charge is 2.47. The Balaban J connectivity index is 1.77. The van der Waals surface area contributed by atoms with Gasteiger partial charge in [-0.15, -0.1) is 0 Å². The molecular formula is C26H30FNO5. The van der Waals surface area contributed by atoms with Gasteiger partial charge in [-0.1, -0.05) is 25.5 Å². The molecule has 1 saturated carbocycles. The summed E-state index contributed by atoms with van der Waals surface area (Å²) in [7, 11) is 1.26. The zero-order chi connectivity index (χ0) is 23.7. The second-order valence-corrected chi connectivity index (χ2v) is 9.25. The third kappa shape index (κ3) is 4.45. The first-order chi connectivity index (χ1) is 15.8. The van der Waals surface area contributed by atoms with Gasteiger partial charge in [0.05, 0.1) is 12.7 Å². The lowest BCUT2D eigenvalue weighted by atomic mass is 9.69. The number of carbonyl (C=O) groups is 3. The molecule has 1 N–H and O–H groups in total. The first-order valence-corrected chi connectivity index (χ1v) is 11.6. The topological polar surface area (TPSA) is 81.7 Å². The molecule has 2 aliphatic carbocycles. The van der Waals surface area contributed by atoms with Gasteiger partial charge in [-0.05, 0) is 62.6 Å². The van der Waals surface area contributed by atoms with Crippen molar-refractivity contribution in [2.45, 2.75) is 64.4 Å². The van der Waals surface area contributed by atoms with E-state index in [1.807, 2.05) is 6.92 Å². The predicted molar refractivity (Wildman–Crippen MR) is 119 cm³/mol. The fourth-order valence-electron chi connectivity index (χ4n) is 5.34. The molecule has 1 aromatic rings. The molecule has 0 radical (unpaired) electrons. The van der Waals surface area contributed by atoms with E-state index < -0.39 is 29.6 Å². The van der Waals surface area contributed by atoms with Crippen LogP contribution in [0.25, 0.3) is 0 Å². The van der Waals surface area contributed by atoms with Crippen LogP contribution in [-0.2, 0) is 23.9 Å². The van der Waals surface area contributed by atoms with Gasteiger partial charge in [0, 0.05) is 22.9 Å². The van der Waals surface area contributed by atoms with Crippen molar-refractivity contribution >= 4 is 17.7 Å². The Bertz CT molecular complexity index is 1020. The second-order valence-electron chi connectivity index (χ2n) is 9.25. The molecule has 3 aliphatic rings. The lowest BCUT2D eigenvalue weighted by Gasteiger charge is -2.38. The van der Waals surface area contributed by atoms with Crippen molar-refractivity contribution in [2.75, 3.05) is 7.11 Å². The smallest absolute Gasteiger partial charge is 0.337 e. The number of hydrogen-bond acceptors (Lipinski definition) is 6. The molecule has 1 aliphatic heterocycles. The minimum atomic E-state index is -0.951.